The van der Waals surface area contributed by atoms with Gasteiger partial charge in [-0.15, -0.1) is 0 Å². The Morgan fingerprint density at radius 3 is 2.76 bits per heavy atom. The van der Waals surface area contributed by atoms with Crippen molar-refractivity contribution in [3.05, 3.63) is 42.1 Å². The fourth-order valence-electron chi connectivity index (χ4n) is 1.62. The number of aliphatic hydroxyl groups is 1. The Bertz CT molecular complexity index is 623. The van der Waals surface area contributed by atoms with E-state index < -0.39 is 18.0 Å². The van der Waals surface area contributed by atoms with E-state index in [-0.39, 0.29) is 12.2 Å². The maximum absolute atomic E-state index is 11.8. The van der Waals surface area contributed by atoms with Crippen molar-refractivity contribution in [1.82, 2.24) is 10.5 Å². The highest BCUT2D eigenvalue weighted by molar-refractivity contribution is 5.93. The van der Waals surface area contributed by atoms with Gasteiger partial charge in [0.25, 0.3) is 5.91 Å². The summed E-state index contributed by atoms with van der Waals surface area (Å²) < 4.78 is 9.42. The molecule has 0 fully saturated rings. The molecule has 0 saturated carbocycles. The topological polar surface area (TPSA) is 102 Å². The van der Waals surface area contributed by atoms with Crippen LogP contribution in [0.3, 0.4) is 0 Å². The van der Waals surface area contributed by atoms with Crippen molar-refractivity contribution < 1.29 is 24.0 Å². The molecule has 0 radical (unpaired) electrons. The van der Waals surface area contributed by atoms with E-state index in [0.29, 0.717) is 5.76 Å². The van der Waals surface area contributed by atoms with Gasteiger partial charge in [-0.05, 0) is 0 Å². The second kappa shape index (κ2) is 6.67. The van der Waals surface area contributed by atoms with Crippen molar-refractivity contribution in [2.75, 3.05) is 13.7 Å². The minimum absolute atomic E-state index is 0.0610. The first-order chi connectivity index (χ1) is 10.1. The quantitative estimate of drug-likeness (QED) is 0.782. The number of amides is 1. The Labute approximate surface area is 120 Å². The number of benzene rings is 1. The van der Waals surface area contributed by atoms with Gasteiger partial charge in [0, 0.05) is 11.6 Å². The molecule has 1 unspecified atom stereocenters. The molecule has 1 aromatic heterocycles. The van der Waals surface area contributed by atoms with Gasteiger partial charge in [-0.2, -0.15) is 0 Å². The zero-order valence-corrected chi connectivity index (χ0v) is 11.3. The van der Waals surface area contributed by atoms with E-state index >= 15 is 0 Å². The first-order valence-electron chi connectivity index (χ1n) is 6.18. The van der Waals surface area contributed by atoms with Gasteiger partial charge in [0.2, 0.25) is 0 Å². The van der Waals surface area contributed by atoms with Gasteiger partial charge in [-0.3, -0.25) is 4.79 Å². The molecular weight excluding hydrogens is 276 g/mol. The van der Waals surface area contributed by atoms with Crippen LogP contribution in [0, 0.1) is 0 Å². The number of carbonyl (C=O) groups excluding carboxylic acids is 2. The van der Waals surface area contributed by atoms with Crippen molar-refractivity contribution in [3.63, 3.8) is 0 Å². The van der Waals surface area contributed by atoms with Crippen molar-refractivity contribution in [2.45, 2.75) is 6.10 Å². The summed E-state index contributed by atoms with van der Waals surface area (Å²) in [6.07, 6.45) is -1.42. The minimum atomic E-state index is -1.42. The van der Waals surface area contributed by atoms with Crippen LogP contribution in [0.25, 0.3) is 11.3 Å². The zero-order valence-electron chi connectivity index (χ0n) is 11.3. The molecular formula is C14H14N2O5. The second-order valence-electron chi connectivity index (χ2n) is 4.19. The molecule has 0 aliphatic carbocycles. The lowest BCUT2D eigenvalue weighted by molar-refractivity contribution is -0.149. The molecule has 2 rings (SSSR count). The highest BCUT2D eigenvalue weighted by atomic mass is 16.5. The minimum Gasteiger partial charge on any atom is -0.467 e. The molecule has 1 aromatic carbocycles. The molecule has 0 spiro atoms. The molecule has 110 valence electrons. The van der Waals surface area contributed by atoms with Crippen LogP contribution in [0.1, 0.15) is 10.5 Å². The standard InChI is InChI=1S/C14H14N2O5/c1-20-14(19)11(17)8-15-13(18)10-7-12(21-16-10)9-5-3-2-4-6-9/h2-7,11,17H,8H2,1H3,(H,15,18). The average molecular weight is 290 g/mol. The Hall–Kier alpha value is -2.67. The predicted molar refractivity (Wildman–Crippen MR) is 72.3 cm³/mol. The van der Waals surface area contributed by atoms with Crippen LogP contribution in [0.4, 0.5) is 0 Å². The van der Waals surface area contributed by atoms with Gasteiger partial charge < -0.3 is 19.7 Å². The molecule has 7 heteroatoms. The molecule has 21 heavy (non-hydrogen) atoms. The number of nitrogens with one attached hydrogen (secondary N) is 1. The summed E-state index contributed by atoms with van der Waals surface area (Å²) >= 11 is 0. The first kappa shape index (κ1) is 14.7. The lowest BCUT2D eigenvalue weighted by atomic mass is 10.1. The number of rotatable bonds is 5. The van der Waals surface area contributed by atoms with Gasteiger partial charge in [0.1, 0.15) is 0 Å². The third-order valence-electron chi connectivity index (χ3n) is 2.73. The third kappa shape index (κ3) is 3.67. The summed E-state index contributed by atoms with van der Waals surface area (Å²) in [5.74, 6) is -0.918. The monoisotopic (exact) mass is 290 g/mol. The van der Waals surface area contributed by atoms with Crippen LogP contribution in [0.2, 0.25) is 0 Å². The second-order valence-corrected chi connectivity index (χ2v) is 4.19. The van der Waals surface area contributed by atoms with Crippen LogP contribution < -0.4 is 5.32 Å². The van der Waals surface area contributed by atoms with E-state index in [4.69, 9.17) is 4.52 Å². The summed E-state index contributed by atoms with van der Waals surface area (Å²) in [7, 11) is 1.15. The smallest absolute Gasteiger partial charge is 0.336 e. The van der Waals surface area contributed by atoms with Crippen LogP contribution >= 0.6 is 0 Å². The van der Waals surface area contributed by atoms with E-state index in [0.717, 1.165) is 12.7 Å². The van der Waals surface area contributed by atoms with Crippen molar-refractivity contribution in [3.8, 4) is 11.3 Å². The van der Waals surface area contributed by atoms with Crippen LogP contribution in [0.5, 0.6) is 0 Å². The summed E-state index contributed by atoms with van der Waals surface area (Å²) in [6.45, 7) is -0.265. The summed E-state index contributed by atoms with van der Waals surface area (Å²) in [4.78, 5) is 22.8. The maximum atomic E-state index is 11.8. The number of carbonyl (C=O) groups is 2. The van der Waals surface area contributed by atoms with E-state index in [1.54, 1.807) is 0 Å². The molecule has 0 aliphatic rings. The maximum Gasteiger partial charge on any atom is 0.336 e. The lowest BCUT2D eigenvalue weighted by Gasteiger charge is -2.08. The number of methoxy groups -OCH3 is 1. The fourth-order valence-corrected chi connectivity index (χ4v) is 1.62. The fraction of sp³-hybridized carbons (Fsp3) is 0.214. The third-order valence-corrected chi connectivity index (χ3v) is 2.73. The SMILES string of the molecule is COC(=O)C(O)CNC(=O)c1cc(-c2ccccc2)on1. The molecule has 0 saturated heterocycles. The van der Waals surface area contributed by atoms with Crippen LogP contribution in [-0.2, 0) is 9.53 Å². The summed E-state index contributed by atoms with van der Waals surface area (Å²) in [5.41, 5.74) is 0.851. The largest absolute Gasteiger partial charge is 0.467 e. The number of aromatic nitrogens is 1. The molecule has 2 aromatic rings. The van der Waals surface area contributed by atoms with Gasteiger partial charge >= 0.3 is 5.97 Å². The number of esters is 1. The number of ether oxygens (including phenoxy) is 1. The summed E-state index contributed by atoms with van der Waals surface area (Å²) in [6, 6.07) is 10.7. The number of nitrogens with zero attached hydrogens (tertiary/aromatic N) is 1. The highest BCUT2D eigenvalue weighted by Crippen LogP contribution is 2.19. The van der Waals surface area contributed by atoms with E-state index in [2.05, 4.69) is 15.2 Å². The number of hydrogen-bond acceptors (Lipinski definition) is 6. The first-order valence-corrected chi connectivity index (χ1v) is 6.18. The van der Waals surface area contributed by atoms with Gasteiger partial charge in [0.05, 0.1) is 13.7 Å². The average Bonchev–Trinajstić information content (AvgIpc) is 3.02. The van der Waals surface area contributed by atoms with Crippen molar-refractivity contribution in [1.29, 1.82) is 0 Å². The molecule has 1 atom stereocenters. The van der Waals surface area contributed by atoms with Gasteiger partial charge in [-0.25, -0.2) is 4.79 Å². The van der Waals surface area contributed by atoms with E-state index in [9.17, 15) is 14.7 Å². The molecule has 0 bridgehead atoms. The Morgan fingerprint density at radius 2 is 2.10 bits per heavy atom. The summed E-state index contributed by atoms with van der Waals surface area (Å²) in [5, 5.41) is 15.4. The molecule has 1 heterocycles. The Morgan fingerprint density at radius 1 is 1.38 bits per heavy atom. The Kier molecular flexibility index (Phi) is 4.68. The van der Waals surface area contributed by atoms with Gasteiger partial charge in [-0.1, -0.05) is 35.5 Å². The van der Waals surface area contributed by atoms with E-state index in [1.807, 2.05) is 30.3 Å². The Balaban J connectivity index is 1.98. The normalized spacial score (nSPS) is 11.7. The molecule has 0 aliphatic heterocycles. The predicted octanol–water partition coefficient (Wildman–Crippen LogP) is 0.605. The zero-order chi connectivity index (χ0) is 15.2. The molecule has 1 amide bonds. The lowest BCUT2D eigenvalue weighted by Crippen LogP contribution is -2.37. The molecule has 2 N–H and O–H groups in total. The van der Waals surface area contributed by atoms with Crippen LogP contribution in [-0.4, -0.2) is 41.9 Å². The number of hydrogen-bond donors (Lipinski definition) is 2. The van der Waals surface area contributed by atoms with Crippen molar-refractivity contribution >= 4 is 11.9 Å². The van der Waals surface area contributed by atoms with Gasteiger partial charge in [0.15, 0.2) is 17.6 Å². The highest BCUT2D eigenvalue weighted by Gasteiger charge is 2.18. The molecule has 7 nitrogen and oxygen atoms in total. The number of aliphatic hydroxyl groups excluding tert-OH is 1. The van der Waals surface area contributed by atoms with Crippen molar-refractivity contribution in [2.24, 2.45) is 0 Å². The van der Waals surface area contributed by atoms with E-state index in [1.165, 1.54) is 6.07 Å². The van der Waals surface area contributed by atoms with Crippen LogP contribution in [0.15, 0.2) is 40.9 Å².